The van der Waals surface area contributed by atoms with Crippen LogP contribution in [0.5, 0.6) is 0 Å². The summed E-state index contributed by atoms with van der Waals surface area (Å²) in [6.07, 6.45) is -8.33. The zero-order valence-corrected chi connectivity index (χ0v) is 9.08. The Kier molecular flexibility index (Phi) is 4.78. The summed E-state index contributed by atoms with van der Waals surface area (Å²) in [6.45, 7) is 2.95. The van der Waals surface area contributed by atoms with Gasteiger partial charge >= 0.3 is 24.0 Å². The van der Waals surface area contributed by atoms with Crippen molar-refractivity contribution < 1.29 is 40.3 Å². The van der Waals surface area contributed by atoms with Crippen LogP contribution in [0.2, 0.25) is 0 Å². The van der Waals surface area contributed by atoms with Crippen molar-refractivity contribution in [3.63, 3.8) is 0 Å². The van der Waals surface area contributed by atoms with E-state index in [1.807, 2.05) is 0 Å². The molecule has 0 saturated carbocycles. The Labute approximate surface area is 97.4 Å². The van der Waals surface area contributed by atoms with E-state index in [2.05, 4.69) is 11.3 Å². The molecule has 0 bridgehead atoms. The van der Waals surface area contributed by atoms with Crippen molar-refractivity contribution in [3.05, 3.63) is 12.2 Å². The predicted molar refractivity (Wildman–Crippen MR) is 46.3 cm³/mol. The normalized spacial score (nSPS) is 13.3. The quantitative estimate of drug-likeness (QED) is 0.439. The van der Waals surface area contributed by atoms with Crippen molar-refractivity contribution in [1.29, 1.82) is 0 Å². The second-order valence-electron chi connectivity index (χ2n) is 3.44. The van der Waals surface area contributed by atoms with Crippen LogP contribution in [-0.2, 0) is 9.53 Å². The zero-order valence-electron chi connectivity index (χ0n) is 9.08. The molecule has 0 rings (SSSR count). The summed E-state index contributed by atoms with van der Waals surface area (Å²) < 4.78 is 89.1. The molecule has 0 radical (unpaired) electrons. The van der Waals surface area contributed by atoms with Gasteiger partial charge in [0.2, 0.25) is 0 Å². The third kappa shape index (κ3) is 3.61. The van der Waals surface area contributed by atoms with Gasteiger partial charge in [0.1, 0.15) is 0 Å². The molecule has 0 aromatic heterocycles. The number of carbonyl (C=O) groups is 1. The van der Waals surface area contributed by atoms with Crippen LogP contribution in [0, 0.1) is 0 Å². The van der Waals surface area contributed by atoms with Crippen LogP contribution >= 0.6 is 0 Å². The molecular formula is C9H9F7O2. The second-order valence-corrected chi connectivity index (χ2v) is 3.44. The fourth-order valence-electron chi connectivity index (χ4n) is 0.759. The summed E-state index contributed by atoms with van der Waals surface area (Å²) >= 11 is 0. The molecule has 0 aromatic carbocycles. The fourth-order valence-corrected chi connectivity index (χ4v) is 0.759. The second kappa shape index (κ2) is 5.15. The largest absolute Gasteiger partial charge is 0.462 e. The molecule has 106 valence electrons. The average Bonchev–Trinajstić information content (AvgIpc) is 2.14. The SMILES string of the molecule is C=C(C)C(=O)OCCC(F)(F)C(F)(F)C(F)(F)F. The minimum atomic E-state index is -6.38. The number of alkyl halides is 7. The van der Waals surface area contributed by atoms with E-state index in [1.54, 1.807) is 0 Å². The zero-order chi connectivity index (χ0) is 14.8. The van der Waals surface area contributed by atoms with E-state index in [0.717, 1.165) is 6.92 Å². The van der Waals surface area contributed by atoms with Gasteiger partial charge in [0.05, 0.1) is 13.0 Å². The average molecular weight is 282 g/mol. The molecule has 0 fully saturated rings. The van der Waals surface area contributed by atoms with E-state index in [9.17, 15) is 35.5 Å². The van der Waals surface area contributed by atoms with Gasteiger partial charge in [0.15, 0.2) is 0 Å². The topological polar surface area (TPSA) is 26.3 Å². The third-order valence-corrected chi connectivity index (χ3v) is 1.81. The van der Waals surface area contributed by atoms with Crippen molar-refractivity contribution in [2.45, 2.75) is 31.4 Å². The maximum atomic E-state index is 12.7. The number of esters is 1. The van der Waals surface area contributed by atoms with Gasteiger partial charge < -0.3 is 4.74 Å². The summed E-state index contributed by atoms with van der Waals surface area (Å²) in [5.41, 5.74) is -0.194. The van der Waals surface area contributed by atoms with Crippen molar-refractivity contribution in [2.24, 2.45) is 0 Å². The Bertz CT molecular complexity index is 332. The van der Waals surface area contributed by atoms with Crippen LogP contribution in [0.25, 0.3) is 0 Å². The lowest BCUT2D eigenvalue weighted by atomic mass is 10.1. The first kappa shape index (κ1) is 16.7. The van der Waals surface area contributed by atoms with Crippen molar-refractivity contribution >= 4 is 5.97 Å². The van der Waals surface area contributed by atoms with Gasteiger partial charge in [0, 0.05) is 5.57 Å². The molecule has 0 amide bonds. The molecule has 0 spiro atoms. The number of halogens is 7. The van der Waals surface area contributed by atoms with E-state index >= 15 is 0 Å². The Morgan fingerprint density at radius 2 is 1.56 bits per heavy atom. The lowest BCUT2D eigenvalue weighted by Crippen LogP contribution is -2.52. The molecule has 0 aliphatic rings. The number of rotatable bonds is 5. The Morgan fingerprint density at radius 3 is 1.89 bits per heavy atom. The van der Waals surface area contributed by atoms with Gasteiger partial charge in [-0.3, -0.25) is 0 Å². The van der Waals surface area contributed by atoms with Crippen LogP contribution in [0.1, 0.15) is 13.3 Å². The highest BCUT2D eigenvalue weighted by atomic mass is 19.4. The number of carbonyl (C=O) groups excluding carboxylic acids is 1. The summed E-state index contributed by atoms with van der Waals surface area (Å²) in [7, 11) is 0. The van der Waals surface area contributed by atoms with E-state index in [-0.39, 0.29) is 5.57 Å². The van der Waals surface area contributed by atoms with Crippen molar-refractivity contribution in [2.75, 3.05) is 6.61 Å². The molecule has 0 unspecified atom stereocenters. The third-order valence-electron chi connectivity index (χ3n) is 1.81. The molecule has 9 heteroatoms. The van der Waals surface area contributed by atoms with Crippen LogP contribution in [0.4, 0.5) is 30.7 Å². The molecular weight excluding hydrogens is 273 g/mol. The number of hydrogen-bond donors (Lipinski definition) is 0. The Morgan fingerprint density at radius 1 is 1.11 bits per heavy atom. The Balaban J connectivity index is 4.58. The van der Waals surface area contributed by atoms with Gasteiger partial charge in [-0.1, -0.05) is 6.58 Å². The molecule has 0 aromatic rings. The predicted octanol–water partition coefficient (Wildman–Crippen LogP) is 3.33. The lowest BCUT2D eigenvalue weighted by Gasteiger charge is -2.27. The minimum absolute atomic E-state index is 0.194. The van der Waals surface area contributed by atoms with Crippen LogP contribution in [0.3, 0.4) is 0 Å². The van der Waals surface area contributed by atoms with Gasteiger partial charge in [0.25, 0.3) is 0 Å². The summed E-state index contributed by atoms with van der Waals surface area (Å²) in [4.78, 5) is 10.7. The highest BCUT2D eigenvalue weighted by Crippen LogP contribution is 2.47. The molecule has 0 aliphatic heterocycles. The van der Waals surface area contributed by atoms with Gasteiger partial charge in [-0.15, -0.1) is 0 Å². The first-order valence-electron chi connectivity index (χ1n) is 4.48. The van der Waals surface area contributed by atoms with Crippen LogP contribution in [0.15, 0.2) is 12.2 Å². The molecule has 0 aliphatic carbocycles. The molecule has 0 atom stereocenters. The molecule has 0 saturated heterocycles. The number of hydrogen-bond acceptors (Lipinski definition) is 2. The van der Waals surface area contributed by atoms with Crippen molar-refractivity contribution in [3.8, 4) is 0 Å². The first-order chi connectivity index (χ1) is 7.83. The fraction of sp³-hybridized carbons (Fsp3) is 0.667. The first-order valence-corrected chi connectivity index (χ1v) is 4.48. The Hall–Kier alpha value is -1.28. The van der Waals surface area contributed by atoms with Gasteiger partial charge in [-0.05, 0) is 6.92 Å². The number of ether oxygens (including phenoxy) is 1. The highest BCUT2D eigenvalue weighted by Gasteiger charge is 2.72. The van der Waals surface area contributed by atoms with Crippen LogP contribution in [-0.4, -0.2) is 30.6 Å². The summed E-state index contributed by atoms with van der Waals surface area (Å²) in [5, 5.41) is 0. The van der Waals surface area contributed by atoms with E-state index in [1.165, 1.54) is 0 Å². The van der Waals surface area contributed by atoms with Crippen LogP contribution < -0.4 is 0 Å². The molecule has 0 heterocycles. The minimum Gasteiger partial charge on any atom is -0.462 e. The van der Waals surface area contributed by atoms with Crippen molar-refractivity contribution in [1.82, 2.24) is 0 Å². The van der Waals surface area contributed by atoms with E-state index < -0.39 is 37.0 Å². The monoisotopic (exact) mass is 282 g/mol. The summed E-state index contributed by atoms with van der Waals surface area (Å²) in [6, 6.07) is 0. The standard InChI is InChI=1S/C9H9F7O2/c1-5(2)6(17)18-4-3-7(10,11)8(12,13)9(14,15)16/h1,3-4H2,2H3. The summed E-state index contributed by atoms with van der Waals surface area (Å²) in [5.74, 6) is -12.7. The van der Waals surface area contributed by atoms with Gasteiger partial charge in [-0.2, -0.15) is 30.7 Å². The highest BCUT2D eigenvalue weighted by molar-refractivity contribution is 5.86. The maximum Gasteiger partial charge on any atom is 0.459 e. The molecule has 18 heavy (non-hydrogen) atoms. The molecule has 0 N–H and O–H groups in total. The smallest absolute Gasteiger partial charge is 0.459 e. The maximum absolute atomic E-state index is 12.7. The van der Waals surface area contributed by atoms with Gasteiger partial charge in [-0.25, -0.2) is 4.79 Å². The van der Waals surface area contributed by atoms with E-state index in [0.29, 0.717) is 0 Å². The lowest BCUT2D eigenvalue weighted by molar-refractivity contribution is -0.356. The molecule has 2 nitrogen and oxygen atoms in total. The van der Waals surface area contributed by atoms with E-state index in [4.69, 9.17) is 0 Å².